The first-order valence-corrected chi connectivity index (χ1v) is 7.64. The summed E-state index contributed by atoms with van der Waals surface area (Å²) in [5, 5.41) is 4.97. The Morgan fingerprint density at radius 3 is 2.73 bits per heavy atom. The molecule has 3 aromatic rings. The summed E-state index contributed by atoms with van der Waals surface area (Å²) in [6, 6.07) is 6.73. The molecular formula is C14H8BrCl2N3O2. The van der Waals surface area contributed by atoms with Gasteiger partial charge in [0.15, 0.2) is 11.3 Å². The molecule has 0 atom stereocenters. The van der Waals surface area contributed by atoms with E-state index in [0.29, 0.717) is 25.9 Å². The summed E-state index contributed by atoms with van der Waals surface area (Å²) in [5.74, 6) is -0.510. The lowest BCUT2D eigenvalue weighted by molar-refractivity contribution is 0.0590. The van der Waals surface area contributed by atoms with Gasteiger partial charge in [-0.1, -0.05) is 29.3 Å². The van der Waals surface area contributed by atoms with Gasteiger partial charge in [-0.2, -0.15) is 5.10 Å². The molecular weight excluding hydrogens is 393 g/mol. The van der Waals surface area contributed by atoms with Crippen LogP contribution in [0.25, 0.3) is 16.9 Å². The second-order valence-corrected chi connectivity index (χ2v) is 6.04. The van der Waals surface area contributed by atoms with Crippen LogP contribution in [0.4, 0.5) is 0 Å². The van der Waals surface area contributed by atoms with Crippen molar-refractivity contribution < 1.29 is 9.53 Å². The highest BCUT2D eigenvalue weighted by atomic mass is 79.9. The average Bonchev–Trinajstić information content (AvgIpc) is 2.90. The van der Waals surface area contributed by atoms with Crippen LogP contribution in [0.2, 0.25) is 10.0 Å². The molecule has 3 rings (SSSR count). The molecule has 0 unspecified atom stereocenters. The number of hydrogen-bond donors (Lipinski definition) is 0. The number of hydrogen-bond acceptors (Lipinski definition) is 4. The maximum absolute atomic E-state index is 12.0. The second kappa shape index (κ2) is 5.87. The summed E-state index contributed by atoms with van der Waals surface area (Å²) in [6.45, 7) is 0. The predicted molar refractivity (Wildman–Crippen MR) is 87.5 cm³/mol. The van der Waals surface area contributed by atoms with E-state index in [4.69, 9.17) is 27.9 Å². The smallest absolute Gasteiger partial charge is 0.356 e. The van der Waals surface area contributed by atoms with E-state index in [1.165, 1.54) is 11.6 Å². The van der Waals surface area contributed by atoms with Crippen molar-refractivity contribution in [1.29, 1.82) is 0 Å². The molecule has 0 spiro atoms. The highest BCUT2D eigenvalue weighted by Gasteiger charge is 2.17. The van der Waals surface area contributed by atoms with E-state index in [1.807, 2.05) is 0 Å². The Morgan fingerprint density at radius 2 is 2.05 bits per heavy atom. The number of rotatable bonds is 2. The summed E-state index contributed by atoms with van der Waals surface area (Å²) in [5.41, 5.74) is 2.06. The molecule has 1 aromatic carbocycles. The fraction of sp³-hybridized carbons (Fsp3) is 0.0714. The molecule has 0 radical (unpaired) electrons. The fourth-order valence-corrected chi connectivity index (χ4v) is 2.64. The number of fused-ring (bicyclic) bond motifs is 1. The number of halogens is 3. The van der Waals surface area contributed by atoms with Crippen molar-refractivity contribution in [2.24, 2.45) is 0 Å². The van der Waals surface area contributed by atoms with Crippen LogP contribution in [0.15, 0.2) is 34.9 Å². The number of nitrogens with zero attached hydrogens (tertiary/aromatic N) is 3. The summed E-state index contributed by atoms with van der Waals surface area (Å²) in [4.78, 5) is 16.5. The van der Waals surface area contributed by atoms with Crippen LogP contribution in [0.1, 0.15) is 10.5 Å². The summed E-state index contributed by atoms with van der Waals surface area (Å²) < 4.78 is 6.88. The zero-order valence-electron chi connectivity index (χ0n) is 11.2. The topological polar surface area (TPSA) is 56.5 Å². The SMILES string of the molecule is COC(=O)c1cc(-c2ccc(Cl)c(Cl)c2)nc2c(Br)cnn12. The zero-order chi connectivity index (χ0) is 15.9. The van der Waals surface area contributed by atoms with Crippen molar-refractivity contribution in [3.05, 3.63) is 50.7 Å². The monoisotopic (exact) mass is 399 g/mol. The molecule has 2 aromatic heterocycles. The highest BCUT2D eigenvalue weighted by Crippen LogP contribution is 2.29. The van der Waals surface area contributed by atoms with Gasteiger partial charge in [0.2, 0.25) is 0 Å². The minimum Gasteiger partial charge on any atom is -0.464 e. The lowest BCUT2D eigenvalue weighted by Gasteiger charge is -2.08. The van der Waals surface area contributed by atoms with Gasteiger partial charge in [0.05, 0.1) is 33.5 Å². The van der Waals surface area contributed by atoms with Crippen LogP contribution >= 0.6 is 39.1 Å². The van der Waals surface area contributed by atoms with Crippen LogP contribution < -0.4 is 0 Å². The molecule has 8 heteroatoms. The van der Waals surface area contributed by atoms with Crippen molar-refractivity contribution in [2.45, 2.75) is 0 Å². The van der Waals surface area contributed by atoms with E-state index in [0.717, 1.165) is 5.56 Å². The van der Waals surface area contributed by atoms with Gasteiger partial charge in [-0.25, -0.2) is 14.3 Å². The highest BCUT2D eigenvalue weighted by molar-refractivity contribution is 9.10. The van der Waals surface area contributed by atoms with Crippen LogP contribution in [-0.4, -0.2) is 27.7 Å². The van der Waals surface area contributed by atoms with Gasteiger partial charge in [0, 0.05) is 5.56 Å². The largest absolute Gasteiger partial charge is 0.464 e. The van der Waals surface area contributed by atoms with E-state index in [-0.39, 0.29) is 5.69 Å². The third kappa shape index (κ3) is 2.58. The lowest BCUT2D eigenvalue weighted by Crippen LogP contribution is -2.10. The van der Waals surface area contributed by atoms with E-state index in [2.05, 4.69) is 26.0 Å². The van der Waals surface area contributed by atoms with Crippen molar-refractivity contribution >= 4 is 50.7 Å². The number of ether oxygens (including phenoxy) is 1. The van der Waals surface area contributed by atoms with Gasteiger partial charge in [-0.3, -0.25) is 0 Å². The van der Waals surface area contributed by atoms with E-state index < -0.39 is 5.97 Å². The maximum Gasteiger partial charge on any atom is 0.356 e. The number of esters is 1. The molecule has 0 fully saturated rings. The Kier molecular flexibility index (Phi) is 4.08. The van der Waals surface area contributed by atoms with Crippen LogP contribution in [0.3, 0.4) is 0 Å². The molecule has 22 heavy (non-hydrogen) atoms. The Balaban J connectivity index is 2.27. The Labute approximate surface area is 143 Å². The molecule has 2 heterocycles. The van der Waals surface area contributed by atoms with Crippen LogP contribution in [-0.2, 0) is 4.74 Å². The quantitative estimate of drug-likeness (QED) is 0.603. The Bertz CT molecular complexity index is 895. The summed E-state index contributed by atoms with van der Waals surface area (Å²) in [7, 11) is 1.31. The summed E-state index contributed by atoms with van der Waals surface area (Å²) >= 11 is 15.3. The molecule has 0 amide bonds. The molecule has 5 nitrogen and oxygen atoms in total. The fourth-order valence-electron chi connectivity index (χ4n) is 1.99. The minimum absolute atomic E-state index is 0.263. The molecule has 0 aliphatic rings. The molecule has 0 bridgehead atoms. The number of benzene rings is 1. The Hall–Kier alpha value is -1.63. The van der Waals surface area contributed by atoms with Crippen molar-refractivity contribution in [2.75, 3.05) is 7.11 Å². The molecule has 0 N–H and O–H groups in total. The number of aromatic nitrogens is 3. The first-order chi connectivity index (χ1) is 10.5. The van der Waals surface area contributed by atoms with Crippen LogP contribution in [0, 0.1) is 0 Å². The summed E-state index contributed by atoms with van der Waals surface area (Å²) in [6.07, 6.45) is 1.56. The van der Waals surface area contributed by atoms with E-state index in [9.17, 15) is 4.79 Å². The average molecular weight is 401 g/mol. The minimum atomic E-state index is -0.510. The standard InChI is InChI=1S/C14H8BrCl2N3O2/c1-22-14(21)12-5-11(7-2-3-9(16)10(17)4-7)19-13-8(15)6-18-20(12)13/h2-6H,1H3. The van der Waals surface area contributed by atoms with Crippen molar-refractivity contribution in [3.63, 3.8) is 0 Å². The maximum atomic E-state index is 12.0. The third-order valence-corrected chi connectivity index (χ3v) is 4.34. The van der Waals surface area contributed by atoms with E-state index >= 15 is 0 Å². The third-order valence-electron chi connectivity index (χ3n) is 3.04. The second-order valence-electron chi connectivity index (χ2n) is 4.38. The van der Waals surface area contributed by atoms with Gasteiger partial charge >= 0.3 is 5.97 Å². The van der Waals surface area contributed by atoms with Crippen LogP contribution in [0.5, 0.6) is 0 Å². The number of methoxy groups -OCH3 is 1. The molecule has 0 saturated heterocycles. The van der Waals surface area contributed by atoms with Gasteiger partial charge in [-0.05, 0) is 34.1 Å². The van der Waals surface area contributed by atoms with E-state index in [1.54, 1.807) is 30.5 Å². The molecule has 0 aliphatic carbocycles. The lowest BCUT2D eigenvalue weighted by atomic mass is 10.1. The first-order valence-electron chi connectivity index (χ1n) is 6.09. The van der Waals surface area contributed by atoms with Gasteiger partial charge < -0.3 is 4.74 Å². The van der Waals surface area contributed by atoms with Gasteiger partial charge in [0.25, 0.3) is 0 Å². The van der Waals surface area contributed by atoms with Crippen molar-refractivity contribution in [3.8, 4) is 11.3 Å². The Morgan fingerprint density at radius 1 is 1.27 bits per heavy atom. The first kappa shape index (κ1) is 15.3. The molecule has 0 aliphatic heterocycles. The predicted octanol–water partition coefficient (Wildman–Crippen LogP) is 4.25. The molecule has 112 valence electrons. The number of carbonyl (C=O) groups is 1. The number of carbonyl (C=O) groups excluding carboxylic acids is 1. The van der Waals surface area contributed by atoms with Gasteiger partial charge in [0.1, 0.15) is 0 Å². The van der Waals surface area contributed by atoms with Gasteiger partial charge in [-0.15, -0.1) is 0 Å². The molecule has 0 saturated carbocycles. The zero-order valence-corrected chi connectivity index (χ0v) is 14.3. The normalized spacial score (nSPS) is 10.9. The van der Waals surface area contributed by atoms with Crippen molar-refractivity contribution in [1.82, 2.24) is 14.6 Å².